The summed E-state index contributed by atoms with van der Waals surface area (Å²) >= 11 is 16.6. The highest BCUT2D eigenvalue weighted by Gasteiger charge is 2.29. The van der Waals surface area contributed by atoms with Crippen LogP contribution in [0.1, 0.15) is 26.7 Å². The Bertz CT molecular complexity index is 311. The molecule has 0 saturated carbocycles. The summed E-state index contributed by atoms with van der Waals surface area (Å²) in [5, 5.41) is 2.38. The average Bonchev–Trinajstić information content (AvgIpc) is 2.25. The molecular formula is C12H19Cl3N2O. The van der Waals surface area contributed by atoms with Gasteiger partial charge < -0.3 is 11.1 Å². The number of hydrogen-bond donors (Lipinski definition) is 2. The van der Waals surface area contributed by atoms with Crippen LogP contribution in [0.4, 0.5) is 0 Å². The van der Waals surface area contributed by atoms with Crippen molar-refractivity contribution in [3.05, 3.63) is 24.3 Å². The maximum atomic E-state index is 11.5. The zero-order valence-corrected chi connectivity index (χ0v) is 12.8. The maximum Gasteiger partial charge on any atom is 0.245 e. The fraction of sp³-hybridized carbons (Fsp3) is 0.583. The molecule has 0 aliphatic carbocycles. The van der Waals surface area contributed by atoms with E-state index in [-0.39, 0.29) is 5.91 Å². The predicted molar refractivity (Wildman–Crippen MR) is 78.8 cm³/mol. The molecule has 3 N–H and O–H groups in total. The summed E-state index contributed by atoms with van der Waals surface area (Å²) in [4.78, 5) is 11.5. The van der Waals surface area contributed by atoms with Gasteiger partial charge in [0, 0.05) is 0 Å². The SMILES string of the molecule is C/C=C\CCC(C)/C=C/C(=O)NC(N)C(Cl)(Cl)Cl. The number of carbonyl (C=O) groups is 1. The second-order valence-electron chi connectivity index (χ2n) is 4.01. The van der Waals surface area contributed by atoms with Gasteiger partial charge in [-0.2, -0.15) is 0 Å². The van der Waals surface area contributed by atoms with E-state index in [1.165, 1.54) is 6.08 Å². The van der Waals surface area contributed by atoms with Gasteiger partial charge in [0.2, 0.25) is 9.70 Å². The molecule has 0 aromatic heterocycles. The van der Waals surface area contributed by atoms with E-state index in [0.29, 0.717) is 5.92 Å². The molecule has 0 bridgehead atoms. The van der Waals surface area contributed by atoms with Crippen molar-refractivity contribution in [1.82, 2.24) is 5.32 Å². The van der Waals surface area contributed by atoms with E-state index in [1.54, 1.807) is 0 Å². The molecule has 0 aliphatic rings. The van der Waals surface area contributed by atoms with Crippen molar-refractivity contribution < 1.29 is 4.79 Å². The van der Waals surface area contributed by atoms with Gasteiger partial charge in [0.25, 0.3) is 0 Å². The molecule has 104 valence electrons. The minimum absolute atomic E-state index is 0.302. The number of halogens is 3. The molecule has 3 nitrogen and oxygen atoms in total. The zero-order valence-electron chi connectivity index (χ0n) is 10.5. The minimum Gasteiger partial charge on any atom is -0.333 e. The monoisotopic (exact) mass is 312 g/mol. The van der Waals surface area contributed by atoms with Crippen molar-refractivity contribution in [1.29, 1.82) is 0 Å². The van der Waals surface area contributed by atoms with Crippen LogP contribution in [0, 0.1) is 5.92 Å². The molecule has 0 radical (unpaired) electrons. The van der Waals surface area contributed by atoms with E-state index in [0.717, 1.165) is 12.8 Å². The Labute approximate surface area is 123 Å². The van der Waals surface area contributed by atoms with Crippen molar-refractivity contribution in [2.45, 2.75) is 36.6 Å². The molecule has 0 heterocycles. The van der Waals surface area contributed by atoms with Gasteiger partial charge >= 0.3 is 0 Å². The van der Waals surface area contributed by atoms with Crippen LogP contribution in [0.3, 0.4) is 0 Å². The molecule has 2 atom stereocenters. The van der Waals surface area contributed by atoms with Crippen LogP contribution in [0.25, 0.3) is 0 Å². The zero-order chi connectivity index (χ0) is 14.2. The van der Waals surface area contributed by atoms with Crippen molar-refractivity contribution in [3.63, 3.8) is 0 Å². The number of nitrogens with two attached hydrogens (primary N) is 1. The lowest BCUT2D eigenvalue weighted by Crippen LogP contribution is -2.49. The number of nitrogens with one attached hydrogen (secondary N) is 1. The summed E-state index contributed by atoms with van der Waals surface area (Å²) in [6.45, 7) is 4.01. The Balaban J connectivity index is 4.07. The second-order valence-corrected chi connectivity index (χ2v) is 6.38. The van der Waals surface area contributed by atoms with E-state index in [9.17, 15) is 4.79 Å². The Morgan fingerprint density at radius 3 is 2.56 bits per heavy atom. The Morgan fingerprint density at radius 1 is 1.44 bits per heavy atom. The largest absolute Gasteiger partial charge is 0.333 e. The van der Waals surface area contributed by atoms with Crippen LogP contribution < -0.4 is 11.1 Å². The topological polar surface area (TPSA) is 55.1 Å². The second kappa shape index (κ2) is 8.81. The quantitative estimate of drug-likeness (QED) is 0.342. The third kappa shape index (κ3) is 8.81. The van der Waals surface area contributed by atoms with Crippen molar-refractivity contribution in [2.24, 2.45) is 11.7 Å². The lowest BCUT2D eigenvalue weighted by molar-refractivity contribution is -0.117. The molecule has 0 saturated heterocycles. The highest BCUT2D eigenvalue weighted by molar-refractivity contribution is 6.68. The van der Waals surface area contributed by atoms with E-state index < -0.39 is 9.96 Å². The molecule has 0 rings (SSSR count). The normalized spacial score (nSPS) is 16.1. The number of alkyl halides is 3. The van der Waals surface area contributed by atoms with Gasteiger partial charge in [0.15, 0.2) is 0 Å². The van der Waals surface area contributed by atoms with Gasteiger partial charge in [0.05, 0.1) is 0 Å². The number of carbonyl (C=O) groups excluding carboxylic acids is 1. The molecule has 0 aromatic rings. The predicted octanol–water partition coefficient (Wildman–Crippen LogP) is 3.31. The van der Waals surface area contributed by atoms with Crippen molar-refractivity contribution >= 4 is 40.7 Å². The molecule has 1 amide bonds. The van der Waals surface area contributed by atoms with Gasteiger partial charge in [-0.1, -0.05) is 60.0 Å². The first-order valence-corrected chi connectivity index (χ1v) is 6.83. The smallest absolute Gasteiger partial charge is 0.245 e. The standard InChI is InChI=1S/C12H19Cl3N2O/c1-3-4-5-6-9(2)7-8-10(18)17-11(16)12(13,14)15/h3-4,7-9,11H,5-6,16H2,1-2H3,(H,17,18)/b4-3-,8-7+. The van der Waals surface area contributed by atoms with Gasteiger partial charge in [-0.25, -0.2) is 0 Å². The lowest BCUT2D eigenvalue weighted by atomic mass is 10.0. The fourth-order valence-corrected chi connectivity index (χ4v) is 1.32. The fourth-order valence-electron chi connectivity index (χ4n) is 1.16. The molecule has 0 spiro atoms. The molecule has 18 heavy (non-hydrogen) atoms. The summed E-state index contributed by atoms with van der Waals surface area (Å²) in [6.07, 6.45) is 8.24. The summed E-state index contributed by atoms with van der Waals surface area (Å²) in [5.74, 6) is -0.0670. The van der Waals surface area contributed by atoms with E-state index >= 15 is 0 Å². The van der Waals surface area contributed by atoms with Crippen LogP contribution in [-0.2, 0) is 4.79 Å². The van der Waals surface area contributed by atoms with Crippen molar-refractivity contribution in [2.75, 3.05) is 0 Å². The van der Waals surface area contributed by atoms with Gasteiger partial charge in [0.1, 0.15) is 6.17 Å². The van der Waals surface area contributed by atoms with Crippen molar-refractivity contribution in [3.8, 4) is 0 Å². The average molecular weight is 314 g/mol. The third-order valence-electron chi connectivity index (χ3n) is 2.25. The molecule has 2 unspecified atom stereocenters. The molecule has 0 aliphatic heterocycles. The van der Waals surface area contributed by atoms with Crippen LogP contribution in [-0.4, -0.2) is 15.9 Å². The van der Waals surface area contributed by atoms with E-state index in [1.807, 2.05) is 26.0 Å². The Hall–Kier alpha value is -0.220. The van der Waals surface area contributed by atoms with Gasteiger partial charge in [-0.3, -0.25) is 4.79 Å². The highest BCUT2D eigenvalue weighted by atomic mass is 35.6. The molecule has 0 aromatic carbocycles. The number of hydrogen-bond acceptors (Lipinski definition) is 2. The summed E-state index contributed by atoms with van der Waals surface area (Å²) in [6, 6.07) is 0. The maximum absolute atomic E-state index is 11.5. The first kappa shape index (κ1) is 17.8. The number of amides is 1. The van der Waals surface area contributed by atoms with Gasteiger partial charge in [-0.05, 0) is 31.8 Å². The summed E-state index contributed by atoms with van der Waals surface area (Å²) < 4.78 is -1.71. The van der Waals surface area contributed by atoms with Crippen LogP contribution >= 0.6 is 34.8 Å². The Morgan fingerprint density at radius 2 is 2.06 bits per heavy atom. The summed E-state index contributed by atoms with van der Waals surface area (Å²) in [7, 11) is 0. The first-order valence-electron chi connectivity index (χ1n) is 5.69. The Kier molecular flexibility index (Phi) is 8.70. The minimum atomic E-state index is -1.71. The summed E-state index contributed by atoms with van der Waals surface area (Å²) in [5.41, 5.74) is 5.49. The van der Waals surface area contributed by atoms with E-state index in [4.69, 9.17) is 40.5 Å². The van der Waals surface area contributed by atoms with E-state index in [2.05, 4.69) is 11.4 Å². The molecule has 6 heteroatoms. The highest BCUT2D eigenvalue weighted by Crippen LogP contribution is 2.27. The number of rotatable bonds is 6. The lowest BCUT2D eigenvalue weighted by Gasteiger charge is -2.20. The van der Waals surface area contributed by atoms with Crippen LogP contribution in [0.5, 0.6) is 0 Å². The van der Waals surface area contributed by atoms with Gasteiger partial charge in [-0.15, -0.1) is 0 Å². The first-order chi connectivity index (χ1) is 8.27. The van der Waals surface area contributed by atoms with Crippen LogP contribution in [0.2, 0.25) is 0 Å². The number of allylic oxidation sites excluding steroid dienone is 3. The third-order valence-corrected chi connectivity index (χ3v) is 2.96. The molecular weight excluding hydrogens is 295 g/mol. The van der Waals surface area contributed by atoms with Crippen LogP contribution in [0.15, 0.2) is 24.3 Å². The molecule has 0 fully saturated rings.